The molecule has 0 bridgehead atoms. The summed E-state index contributed by atoms with van der Waals surface area (Å²) in [7, 11) is 0. The standard InChI is InChI=1S/C16H11ClN2O2/c17-12-6-8-13(9-7-12)19-15(10-14(18-19)16(20)21)11-4-2-1-3-5-11/h1-10H,(H,20,21)/p-1. The zero-order valence-corrected chi connectivity index (χ0v) is 11.6. The number of nitrogens with zero attached hydrogens (tertiary/aromatic N) is 2. The van der Waals surface area contributed by atoms with Gasteiger partial charge < -0.3 is 9.90 Å². The van der Waals surface area contributed by atoms with Gasteiger partial charge in [0.25, 0.3) is 0 Å². The zero-order valence-electron chi connectivity index (χ0n) is 10.9. The van der Waals surface area contributed by atoms with Gasteiger partial charge in [-0.3, -0.25) is 0 Å². The molecule has 0 atom stereocenters. The Labute approximate surface area is 126 Å². The van der Waals surface area contributed by atoms with E-state index in [-0.39, 0.29) is 5.69 Å². The van der Waals surface area contributed by atoms with Crippen LogP contribution in [0, 0.1) is 0 Å². The number of aromatic carboxylic acids is 1. The monoisotopic (exact) mass is 297 g/mol. The molecule has 3 rings (SSSR count). The van der Waals surface area contributed by atoms with E-state index in [0.717, 1.165) is 11.3 Å². The molecule has 1 heterocycles. The summed E-state index contributed by atoms with van der Waals surface area (Å²) in [5, 5.41) is 15.8. The molecule has 0 amide bonds. The minimum atomic E-state index is -1.31. The number of carboxylic acid groups (broad SMARTS) is 1. The maximum Gasteiger partial charge on any atom is 0.109 e. The van der Waals surface area contributed by atoms with E-state index < -0.39 is 5.97 Å². The quantitative estimate of drug-likeness (QED) is 0.746. The molecular formula is C16H10ClN2O2-. The Morgan fingerprint density at radius 2 is 1.71 bits per heavy atom. The molecule has 0 unspecified atom stereocenters. The van der Waals surface area contributed by atoms with Gasteiger partial charge in [-0.05, 0) is 30.3 Å². The van der Waals surface area contributed by atoms with E-state index in [9.17, 15) is 9.90 Å². The number of hydrogen-bond acceptors (Lipinski definition) is 3. The molecular weight excluding hydrogens is 288 g/mol. The molecule has 0 saturated heterocycles. The molecule has 0 spiro atoms. The van der Waals surface area contributed by atoms with Gasteiger partial charge >= 0.3 is 0 Å². The third-order valence-corrected chi connectivity index (χ3v) is 3.31. The van der Waals surface area contributed by atoms with Crippen molar-refractivity contribution in [3.63, 3.8) is 0 Å². The van der Waals surface area contributed by atoms with Crippen LogP contribution < -0.4 is 5.11 Å². The van der Waals surface area contributed by atoms with Gasteiger partial charge in [0, 0.05) is 10.6 Å². The fraction of sp³-hybridized carbons (Fsp3) is 0. The predicted molar refractivity (Wildman–Crippen MR) is 78.3 cm³/mol. The smallest absolute Gasteiger partial charge is 0.109 e. The summed E-state index contributed by atoms with van der Waals surface area (Å²) in [4.78, 5) is 11.1. The third-order valence-electron chi connectivity index (χ3n) is 3.06. The number of carboxylic acids is 1. The van der Waals surface area contributed by atoms with Crippen molar-refractivity contribution in [3.05, 3.63) is 71.4 Å². The summed E-state index contributed by atoms with van der Waals surface area (Å²) < 4.78 is 1.57. The summed E-state index contributed by atoms with van der Waals surface area (Å²) in [6.45, 7) is 0. The minimum absolute atomic E-state index is 0.108. The molecule has 0 radical (unpaired) electrons. The Morgan fingerprint density at radius 3 is 2.33 bits per heavy atom. The van der Waals surface area contributed by atoms with Crippen LogP contribution in [0.2, 0.25) is 5.02 Å². The summed E-state index contributed by atoms with van der Waals surface area (Å²) in [6, 6.07) is 18.0. The average molecular weight is 298 g/mol. The normalized spacial score (nSPS) is 10.5. The first-order valence-corrected chi connectivity index (χ1v) is 6.66. The lowest BCUT2D eigenvalue weighted by Crippen LogP contribution is -2.22. The van der Waals surface area contributed by atoms with Crippen LogP contribution in [0.5, 0.6) is 0 Å². The van der Waals surface area contributed by atoms with Gasteiger partial charge in [0.15, 0.2) is 0 Å². The van der Waals surface area contributed by atoms with Crippen molar-refractivity contribution in [1.29, 1.82) is 0 Å². The minimum Gasteiger partial charge on any atom is -0.543 e. The van der Waals surface area contributed by atoms with Crippen LogP contribution in [-0.2, 0) is 0 Å². The molecule has 0 saturated carbocycles. The average Bonchev–Trinajstić information content (AvgIpc) is 2.94. The Hall–Kier alpha value is -2.59. The highest BCUT2D eigenvalue weighted by Gasteiger charge is 2.12. The van der Waals surface area contributed by atoms with E-state index in [1.165, 1.54) is 6.07 Å². The van der Waals surface area contributed by atoms with E-state index in [1.54, 1.807) is 28.9 Å². The van der Waals surface area contributed by atoms with E-state index >= 15 is 0 Å². The zero-order chi connectivity index (χ0) is 14.8. The highest BCUT2D eigenvalue weighted by atomic mass is 35.5. The lowest BCUT2D eigenvalue weighted by atomic mass is 10.1. The van der Waals surface area contributed by atoms with Gasteiger partial charge in [-0.15, -0.1) is 0 Å². The second kappa shape index (κ2) is 5.42. The maximum atomic E-state index is 11.1. The number of hydrogen-bond donors (Lipinski definition) is 0. The van der Waals surface area contributed by atoms with Gasteiger partial charge in [-0.25, -0.2) is 4.68 Å². The summed E-state index contributed by atoms with van der Waals surface area (Å²) >= 11 is 5.88. The largest absolute Gasteiger partial charge is 0.543 e. The Kier molecular flexibility index (Phi) is 3.46. The van der Waals surface area contributed by atoms with Crippen molar-refractivity contribution in [3.8, 4) is 16.9 Å². The second-order valence-electron chi connectivity index (χ2n) is 4.46. The number of rotatable bonds is 3. The third kappa shape index (κ3) is 2.66. The van der Waals surface area contributed by atoms with Crippen LogP contribution in [-0.4, -0.2) is 15.7 Å². The fourth-order valence-electron chi connectivity index (χ4n) is 2.07. The maximum absolute atomic E-state index is 11.1. The van der Waals surface area contributed by atoms with E-state index in [0.29, 0.717) is 10.7 Å². The Balaban J connectivity index is 2.19. The highest BCUT2D eigenvalue weighted by Crippen LogP contribution is 2.24. The van der Waals surface area contributed by atoms with Crippen LogP contribution in [0.4, 0.5) is 0 Å². The van der Waals surface area contributed by atoms with E-state index in [1.807, 2.05) is 30.3 Å². The lowest BCUT2D eigenvalue weighted by Gasteiger charge is -2.07. The topological polar surface area (TPSA) is 57.9 Å². The van der Waals surface area contributed by atoms with Crippen molar-refractivity contribution in [2.24, 2.45) is 0 Å². The molecule has 2 aromatic carbocycles. The van der Waals surface area contributed by atoms with Gasteiger partial charge in [0.05, 0.1) is 17.4 Å². The molecule has 0 aliphatic rings. The first kappa shape index (κ1) is 13.4. The SMILES string of the molecule is O=C([O-])c1cc(-c2ccccc2)n(-c2ccc(Cl)cc2)n1. The first-order chi connectivity index (χ1) is 10.1. The van der Waals surface area contributed by atoms with Crippen molar-refractivity contribution < 1.29 is 9.90 Å². The molecule has 4 nitrogen and oxygen atoms in total. The number of halogens is 1. The second-order valence-corrected chi connectivity index (χ2v) is 4.89. The molecule has 5 heteroatoms. The molecule has 0 aliphatic carbocycles. The van der Waals surface area contributed by atoms with Crippen molar-refractivity contribution in [1.82, 2.24) is 9.78 Å². The molecule has 3 aromatic rings. The number of aromatic nitrogens is 2. The summed E-state index contributed by atoms with van der Waals surface area (Å²) in [5.41, 5.74) is 2.17. The molecule has 104 valence electrons. The lowest BCUT2D eigenvalue weighted by molar-refractivity contribution is -0.255. The summed E-state index contributed by atoms with van der Waals surface area (Å²) in [5.74, 6) is -1.31. The van der Waals surface area contributed by atoms with Gasteiger partial charge in [0.1, 0.15) is 5.69 Å². The fourth-order valence-corrected chi connectivity index (χ4v) is 2.20. The van der Waals surface area contributed by atoms with Gasteiger partial charge in [-0.2, -0.15) is 5.10 Å². The molecule has 0 N–H and O–H groups in total. The molecule has 0 aliphatic heterocycles. The van der Waals surface area contributed by atoms with Gasteiger partial charge in [0.2, 0.25) is 0 Å². The number of benzene rings is 2. The number of carbonyl (C=O) groups is 1. The highest BCUT2D eigenvalue weighted by molar-refractivity contribution is 6.30. The van der Waals surface area contributed by atoms with Crippen LogP contribution in [0.15, 0.2) is 60.7 Å². The molecule has 1 aromatic heterocycles. The van der Waals surface area contributed by atoms with Crippen molar-refractivity contribution in [2.45, 2.75) is 0 Å². The van der Waals surface area contributed by atoms with Crippen molar-refractivity contribution in [2.75, 3.05) is 0 Å². The Morgan fingerprint density at radius 1 is 1.05 bits per heavy atom. The van der Waals surface area contributed by atoms with Crippen LogP contribution >= 0.6 is 11.6 Å². The van der Waals surface area contributed by atoms with Crippen LogP contribution in [0.3, 0.4) is 0 Å². The Bertz CT molecular complexity index is 780. The number of carbonyl (C=O) groups excluding carboxylic acids is 1. The van der Waals surface area contributed by atoms with Crippen LogP contribution in [0.25, 0.3) is 16.9 Å². The van der Waals surface area contributed by atoms with Crippen LogP contribution in [0.1, 0.15) is 10.5 Å². The first-order valence-electron chi connectivity index (χ1n) is 6.28. The molecule has 21 heavy (non-hydrogen) atoms. The van der Waals surface area contributed by atoms with Gasteiger partial charge in [-0.1, -0.05) is 41.9 Å². The van der Waals surface area contributed by atoms with E-state index in [4.69, 9.17) is 11.6 Å². The van der Waals surface area contributed by atoms with Crippen molar-refractivity contribution >= 4 is 17.6 Å². The summed E-state index contributed by atoms with van der Waals surface area (Å²) in [6.07, 6.45) is 0. The predicted octanol–water partition coefficient (Wildman–Crippen LogP) is 2.56. The molecule has 0 fully saturated rings. The van der Waals surface area contributed by atoms with E-state index in [2.05, 4.69) is 5.10 Å².